The fourth-order valence-electron chi connectivity index (χ4n) is 3.68. The van der Waals surface area contributed by atoms with E-state index in [0.29, 0.717) is 17.2 Å². The monoisotopic (exact) mass is 372 g/mol. The summed E-state index contributed by atoms with van der Waals surface area (Å²) in [4.78, 5) is 2.45. The van der Waals surface area contributed by atoms with Gasteiger partial charge in [-0.2, -0.15) is 0 Å². The number of hydrogen-bond acceptors (Lipinski definition) is 6. The van der Waals surface area contributed by atoms with Crippen LogP contribution in [-0.2, 0) is 0 Å². The van der Waals surface area contributed by atoms with Crippen molar-refractivity contribution in [3.8, 4) is 23.0 Å². The first-order valence-electron chi connectivity index (χ1n) is 9.11. The highest BCUT2D eigenvalue weighted by atomic mass is 16.5. The first kappa shape index (κ1) is 19.3. The van der Waals surface area contributed by atoms with E-state index < -0.39 is 0 Å². The summed E-state index contributed by atoms with van der Waals surface area (Å²) in [5.74, 6) is 2.78. The van der Waals surface area contributed by atoms with E-state index in [1.165, 1.54) is 0 Å². The number of nitrogens with zero attached hydrogens (tertiary/aromatic N) is 1. The van der Waals surface area contributed by atoms with Gasteiger partial charge in [0, 0.05) is 31.7 Å². The third-order valence-corrected chi connectivity index (χ3v) is 4.95. The van der Waals surface area contributed by atoms with Gasteiger partial charge in [-0.1, -0.05) is 18.2 Å². The molecule has 27 heavy (non-hydrogen) atoms. The minimum Gasteiger partial charge on any atom is -0.496 e. The smallest absolute Gasteiger partial charge is 0.203 e. The molecule has 1 heterocycles. The fourth-order valence-corrected chi connectivity index (χ4v) is 3.68. The summed E-state index contributed by atoms with van der Waals surface area (Å²) in [5, 5.41) is 3.42. The van der Waals surface area contributed by atoms with Crippen LogP contribution in [0.25, 0.3) is 0 Å². The molecule has 146 valence electrons. The van der Waals surface area contributed by atoms with E-state index in [9.17, 15) is 0 Å². The molecule has 6 heteroatoms. The zero-order valence-electron chi connectivity index (χ0n) is 16.5. The van der Waals surface area contributed by atoms with Crippen LogP contribution in [0.2, 0.25) is 0 Å². The summed E-state index contributed by atoms with van der Waals surface area (Å²) >= 11 is 0. The van der Waals surface area contributed by atoms with Crippen LogP contribution in [0.5, 0.6) is 23.0 Å². The Bertz CT molecular complexity index is 735. The lowest BCUT2D eigenvalue weighted by molar-refractivity contribution is 0.194. The molecule has 0 saturated carbocycles. The van der Waals surface area contributed by atoms with Crippen LogP contribution in [-0.4, -0.2) is 59.5 Å². The second-order valence-corrected chi connectivity index (χ2v) is 6.39. The van der Waals surface area contributed by atoms with Crippen LogP contribution in [0.4, 0.5) is 0 Å². The van der Waals surface area contributed by atoms with Gasteiger partial charge in [0.15, 0.2) is 11.5 Å². The maximum atomic E-state index is 5.67. The minimum absolute atomic E-state index is 0.0250. The predicted octanol–water partition coefficient (Wildman–Crippen LogP) is 2.72. The van der Waals surface area contributed by atoms with Gasteiger partial charge in [-0.3, -0.25) is 4.90 Å². The Morgan fingerprint density at radius 3 is 1.96 bits per heavy atom. The van der Waals surface area contributed by atoms with E-state index in [0.717, 1.165) is 43.1 Å². The van der Waals surface area contributed by atoms with E-state index in [1.54, 1.807) is 28.4 Å². The first-order valence-corrected chi connectivity index (χ1v) is 9.11. The molecule has 0 aliphatic carbocycles. The van der Waals surface area contributed by atoms with Crippen LogP contribution in [0.1, 0.15) is 17.2 Å². The quantitative estimate of drug-likeness (QED) is 0.807. The van der Waals surface area contributed by atoms with Gasteiger partial charge in [-0.25, -0.2) is 0 Å². The Labute approximate surface area is 161 Å². The molecule has 6 nitrogen and oxygen atoms in total. The second-order valence-electron chi connectivity index (χ2n) is 6.39. The van der Waals surface area contributed by atoms with Crippen molar-refractivity contribution in [2.75, 3.05) is 54.6 Å². The lowest BCUT2D eigenvalue weighted by Crippen LogP contribution is -2.45. The van der Waals surface area contributed by atoms with E-state index in [4.69, 9.17) is 18.9 Å². The summed E-state index contributed by atoms with van der Waals surface area (Å²) in [5.41, 5.74) is 2.20. The lowest BCUT2D eigenvalue weighted by Gasteiger charge is -2.36. The number of ether oxygens (including phenoxy) is 4. The molecule has 1 N–H and O–H groups in total. The summed E-state index contributed by atoms with van der Waals surface area (Å²) in [7, 11) is 6.62. The highest BCUT2D eigenvalue weighted by Gasteiger charge is 2.28. The summed E-state index contributed by atoms with van der Waals surface area (Å²) < 4.78 is 22.3. The van der Waals surface area contributed by atoms with Gasteiger partial charge in [0.25, 0.3) is 0 Å². The lowest BCUT2D eigenvalue weighted by atomic mass is 9.94. The topological polar surface area (TPSA) is 52.2 Å². The molecule has 1 aliphatic heterocycles. The molecule has 2 aromatic rings. The molecule has 2 aromatic carbocycles. The molecule has 1 saturated heterocycles. The standard InChI is InChI=1S/C21H28N2O4/c1-24-17-8-6-5-7-16(17)20(23-11-9-22-10-12-23)15-13-18(25-2)21(27-4)19(14-15)26-3/h5-8,13-14,20,22H,9-12H2,1-4H3. The molecular weight excluding hydrogens is 344 g/mol. The number of benzene rings is 2. The van der Waals surface area contributed by atoms with Gasteiger partial charge >= 0.3 is 0 Å². The maximum absolute atomic E-state index is 5.67. The van der Waals surface area contributed by atoms with E-state index >= 15 is 0 Å². The summed E-state index contributed by atoms with van der Waals surface area (Å²) in [6.45, 7) is 3.80. The van der Waals surface area contributed by atoms with Crippen molar-refractivity contribution in [2.24, 2.45) is 0 Å². The summed E-state index contributed by atoms with van der Waals surface area (Å²) in [6.07, 6.45) is 0. The molecule has 0 radical (unpaired) electrons. The van der Waals surface area contributed by atoms with Crippen molar-refractivity contribution < 1.29 is 18.9 Å². The van der Waals surface area contributed by atoms with Crippen LogP contribution >= 0.6 is 0 Å². The van der Waals surface area contributed by atoms with Gasteiger partial charge in [0.1, 0.15) is 5.75 Å². The Hall–Kier alpha value is -2.44. The average molecular weight is 372 g/mol. The molecule has 0 aromatic heterocycles. The van der Waals surface area contributed by atoms with Gasteiger partial charge in [-0.05, 0) is 23.8 Å². The number of rotatable bonds is 7. The molecule has 3 rings (SSSR count). The van der Waals surface area contributed by atoms with Crippen molar-refractivity contribution in [1.82, 2.24) is 10.2 Å². The molecular formula is C21H28N2O4. The van der Waals surface area contributed by atoms with Crippen LogP contribution in [0.3, 0.4) is 0 Å². The third kappa shape index (κ3) is 3.96. The molecule has 0 spiro atoms. The Balaban J connectivity index is 2.15. The number of piperazine rings is 1. The Morgan fingerprint density at radius 2 is 1.41 bits per heavy atom. The molecule has 1 unspecified atom stereocenters. The van der Waals surface area contributed by atoms with E-state index in [-0.39, 0.29) is 6.04 Å². The van der Waals surface area contributed by atoms with Gasteiger partial charge < -0.3 is 24.3 Å². The number of nitrogens with one attached hydrogen (secondary N) is 1. The van der Waals surface area contributed by atoms with Crippen molar-refractivity contribution in [3.63, 3.8) is 0 Å². The van der Waals surface area contributed by atoms with Crippen molar-refractivity contribution in [2.45, 2.75) is 6.04 Å². The normalized spacial score (nSPS) is 15.9. The van der Waals surface area contributed by atoms with Crippen molar-refractivity contribution >= 4 is 0 Å². The highest BCUT2D eigenvalue weighted by molar-refractivity contribution is 5.56. The average Bonchev–Trinajstić information content (AvgIpc) is 2.74. The molecule has 0 amide bonds. The minimum atomic E-state index is 0.0250. The number of hydrogen-bond donors (Lipinski definition) is 1. The van der Waals surface area contributed by atoms with Crippen molar-refractivity contribution in [3.05, 3.63) is 47.5 Å². The van der Waals surface area contributed by atoms with Gasteiger partial charge in [0.2, 0.25) is 5.75 Å². The first-order chi connectivity index (χ1) is 13.2. The van der Waals surface area contributed by atoms with E-state index in [1.807, 2.05) is 30.3 Å². The largest absolute Gasteiger partial charge is 0.496 e. The highest BCUT2D eigenvalue weighted by Crippen LogP contribution is 2.43. The molecule has 1 aliphatic rings. The van der Waals surface area contributed by atoms with Crippen LogP contribution < -0.4 is 24.3 Å². The molecule has 0 bridgehead atoms. The molecule has 1 atom stereocenters. The van der Waals surface area contributed by atoms with Crippen molar-refractivity contribution in [1.29, 1.82) is 0 Å². The Morgan fingerprint density at radius 1 is 0.815 bits per heavy atom. The van der Waals surface area contributed by atoms with Crippen LogP contribution in [0.15, 0.2) is 36.4 Å². The second kappa shape index (κ2) is 8.97. The zero-order chi connectivity index (χ0) is 19.2. The Kier molecular flexibility index (Phi) is 6.42. The van der Waals surface area contributed by atoms with Crippen LogP contribution in [0, 0.1) is 0 Å². The maximum Gasteiger partial charge on any atom is 0.203 e. The molecule has 1 fully saturated rings. The summed E-state index contributed by atoms with van der Waals surface area (Å²) in [6, 6.07) is 12.2. The number of para-hydroxylation sites is 1. The third-order valence-electron chi connectivity index (χ3n) is 4.95. The number of methoxy groups -OCH3 is 4. The predicted molar refractivity (Wildman–Crippen MR) is 105 cm³/mol. The van der Waals surface area contributed by atoms with E-state index in [2.05, 4.69) is 16.3 Å². The zero-order valence-corrected chi connectivity index (χ0v) is 16.5. The van der Waals surface area contributed by atoms with Gasteiger partial charge in [-0.15, -0.1) is 0 Å². The van der Waals surface area contributed by atoms with Gasteiger partial charge in [0.05, 0.1) is 34.5 Å². The SMILES string of the molecule is COc1ccccc1C(c1cc(OC)c(OC)c(OC)c1)N1CCNCC1. The fraction of sp³-hybridized carbons (Fsp3) is 0.429.